The monoisotopic (exact) mass is 302 g/mol. The summed E-state index contributed by atoms with van der Waals surface area (Å²) in [6, 6.07) is 5.57. The Balaban J connectivity index is 2.80. The fourth-order valence-corrected chi connectivity index (χ4v) is 2.04. The van der Waals surface area contributed by atoms with E-state index in [1.807, 2.05) is 24.5 Å². The van der Waals surface area contributed by atoms with Crippen molar-refractivity contribution in [2.45, 2.75) is 18.2 Å². The average Bonchev–Trinajstić information content (AvgIpc) is 2.29. The van der Waals surface area contributed by atoms with Gasteiger partial charge in [0.05, 0.1) is 6.61 Å². The first-order chi connectivity index (χ1) is 7.69. The first-order valence-electron chi connectivity index (χ1n) is 5.06. The minimum absolute atomic E-state index is 0.0855. The number of thioether (sulfide) groups is 1. The van der Waals surface area contributed by atoms with Gasteiger partial charge in [0.25, 0.3) is 0 Å². The number of carbonyl (C=O) groups excluding carboxylic acids is 1. The third-order valence-electron chi connectivity index (χ3n) is 2.11. The molecule has 0 spiro atoms. The Kier molecular flexibility index (Phi) is 5.91. The summed E-state index contributed by atoms with van der Waals surface area (Å²) < 4.78 is 5.64. The van der Waals surface area contributed by atoms with Gasteiger partial charge in [0.1, 0.15) is 5.75 Å². The number of rotatable bonds is 6. The second kappa shape index (κ2) is 6.97. The number of hydrogen-bond acceptors (Lipinski definition) is 3. The van der Waals surface area contributed by atoms with E-state index >= 15 is 0 Å². The van der Waals surface area contributed by atoms with Crippen LogP contribution in [0.25, 0.3) is 0 Å². The van der Waals surface area contributed by atoms with Gasteiger partial charge in [-0.05, 0) is 37.8 Å². The summed E-state index contributed by atoms with van der Waals surface area (Å²) in [6.45, 7) is 2.27. The molecule has 0 amide bonds. The van der Waals surface area contributed by atoms with Crippen LogP contribution in [0, 0.1) is 0 Å². The largest absolute Gasteiger partial charge is 0.492 e. The molecule has 1 aromatic rings. The maximum Gasteiger partial charge on any atom is 0.159 e. The SMILES string of the molecule is CSc1cc(C(C)=O)ccc1OCCCBr. The molecule has 0 unspecified atom stereocenters. The number of halogens is 1. The number of alkyl halides is 1. The standard InChI is InChI=1S/C12H15BrO2S/c1-9(14)10-4-5-11(12(8-10)16-2)15-7-3-6-13/h4-5,8H,3,6-7H2,1-2H3. The average molecular weight is 303 g/mol. The molecule has 16 heavy (non-hydrogen) atoms. The lowest BCUT2D eigenvalue weighted by molar-refractivity contribution is 0.101. The summed E-state index contributed by atoms with van der Waals surface area (Å²) in [5, 5.41) is 0.938. The maximum atomic E-state index is 11.2. The lowest BCUT2D eigenvalue weighted by atomic mass is 10.1. The molecule has 0 aromatic heterocycles. The highest BCUT2D eigenvalue weighted by molar-refractivity contribution is 9.09. The Hall–Kier alpha value is -0.480. The van der Waals surface area contributed by atoms with Crippen molar-refractivity contribution in [2.75, 3.05) is 18.2 Å². The van der Waals surface area contributed by atoms with Crippen molar-refractivity contribution in [2.24, 2.45) is 0 Å². The lowest BCUT2D eigenvalue weighted by Crippen LogP contribution is -2.00. The zero-order valence-corrected chi connectivity index (χ0v) is 11.9. The quantitative estimate of drug-likeness (QED) is 0.346. The number of Topliss-reactive ketones (excluding diaryl/α,β-unsaturated/α-hetero) is 1. The van der Waals surface area contributed by atoms with Crippen LogP contribution in [-0.4, -0.2) is 24.0 Å². The molecule has 0 fully saturated rings. The number of ketones is 1. The Morgan fingerprint density at radius 2 is 2.25 bits per heavy atom. The van der Waals surface area contributed by atoms with Gasteiger partial charge >= 0.3 is 0 Å². The summed E-state index contributed by atoms with van der Waals surface area (Å²) in [7, 11) is 0. The molecule has 0 heterocycles. The minimum atomic E-state index is 0.0855. The zero-order chi connectivity index (χ0) is 12.0. The molecule has 0 saturated carbocycles. The molecule has 0 radical (unpaired) electrons. The first-order valence-corrected chi connectivity index (χ1v) is 7.41. The zero-order valence-electron chi connectivity index (χ0n) is 9.46. The number of carbonyl (C=O) groups is 1. The summed E-state index contributed by atoms with van der Waals surface area (Å²) in [6.07, 6.45) is 2.96. The van der Waals surface area contributed by atoms with Crippen molar-refractivity contribution in [3.63, 3.8) is 0 Å². The van der Waals surface area contributed by atoms with Gasteiger partial charge in [-0.25, -0.2) is 0 Å². The third-order valence-corrected chi connectivity index (χ3v) is 3.43. The molecule has 0 aliphatic heterocycles. The molecule has 0 saturated heterocycles. The first kappa shape index (κ1) is 13.6. The van der Waals surface area contributed by atoms with Crippen molar-refractivity contribution in [3.05, 3.63) is 23.8 Å². The van der Waals surface area contributed by atoms with Gasteiger partial charge in [-0.1, -0.05) is 15.9 Å². The van der Waals surface area contributed by atoms with Gasteiger partial charge in [0.2, 0.25) is 0 Å². The van der Waals surface area contributed by atoms with Gasteiger partial charge in [-0.3, -0.25) is 4.79 Å². The highest BCUT2D eigenvalue weighted by Gasteiger charge is 2.06. The molecule has 88 valence electrons. The molecular weight excluding hydrogens is 288 g/mol. The van der Waals surface area contributed by atoms with E-state index in [1.54, 1.807) is 18.7 Å². The minimum Gasteiger partial charge on any atom is -0.492 e. The number of hydrogen-bond donors (Lipinski definition) is 0. The van der Waals surface area contributed by atoms with Crippen LogP contribution >= 0.6 is 27.7 Å². The van der Waals surface area contributed by atoms with Crippen molar-refractivity contribution in [1.29, 1.82) is 0 Å². The van der Waals surface area contributed by atoms with Crippen molar-refractivity contribution >= 4 is 33.5 Å². The van der Waals surface area contributed by atoms with Gasteiger partial charge < -0.3 is 4.74 Å². The molecule has 0 bridgehead atoms. The van der Waals surface area contributed by atoms with E-state index in [0.717, 1.165) is 28.0 Å². The van der Waals surface area contributed by atoms with Crippen LogP contribution in [0.1, 0.15) is 23.7 Å². The second-order valence-corrected chi connectivity index (χ2v) is 4.95. The smallest absolute Gasteiger partial charge is 0.159 e. The molecule has 0 N–H and O–H groups in total. The molecule has 0 aliphatic carbocycles. The van der Waals surface area contributed by atoms with E-state index in [0.29, 0.717) is 6.61 Å². The highest BCUT2D eigenvalue weighted by Crippen LogP contribution is 2.29. The Morgan fingerprint density at radius 3 is 2.81 bits per heavy atom. The number of benzene rings is 1. The Morgan fingerprint density at radius 1 is 1.50 bits per heavy atom. The summed E-state index contributed by atoms with van der Waals surface area (Å²) in [5.74, 6) is 0.945. The van der Waals surface area contributed by atoms with Crippen molar-refractivity contribution in [1.82, 2.24) is 0 Å². The van der Waals surface area contributed by atoms with Crippen LogP contribution in [0.15, 0.2) is 23.1 Å². The van der Waals surface area contributed by atoms with Crippen LogP contribution in [0.5, 0.6) is 5.75 Å². The van der Waals surface area contributed by atoms with Gasteiger partial charge in [0.15, 0.2) is 5.78 Å². The molecule has 1 aromatic carbocycles. The molecular formula is C12H15BrO2S. The van der Waals surface area contributed by atoms with Gasteiger partial charge in [-0.2, -0.15) is 0 Å². The third kappa shape index (κ3) is 3.83. The van der Waals surface area contributed by atoms with E-state index in [4.69, 9.17) is 4.74 Å². The predicted octanol–water partition coefficient (Wildman–Crippen LogP) is 3.77. The fourth-order valence-electron chi connectivity index (χ4n) is 1.24. The van der Waals surface area contributed by atoms with Crippen LogP contribution in [0.3, 0.4) is 0 Å². The molecule has 0 atom stereocenters. The Bertz CT molecular complexity index is 366. The van der Waals surface area contributed by atoms with E-state index in [1.165, 1.54) is 0 Å². The molecule has 1 rings (SSSR count). The molecule has 4 heteroatoms. The summed E-state index contributed by atoms with van der Waals surface area (Å²) in [4.78, 5) is 12.2. The second-order valence-electron chi connectivity index (χ2n) is 3.31. The van der Waals surface area contributed by atoms with Crippen LogP contribution < -0.4 is 4.74 Å². The number of ether oxygens (including phenoxy) is 1. The summed E-state index contributed by atoms with van der Waals surface area (Å²) >= 11 is 4.96. The summed E-state index contributed by atoms with van der Waals surface area (Å²) in [5.41, 5.74) is 0.734. The molecule has 2 nitrogen and oxygen atoms in total. The Labute approximate surface area is 109 Å². The van der Waals surface area contributed by atoms with E-state index in [-0.39, 0.29) is 5.78 Å². The van der Waals surface area contributed by atoms with Gasteiger partial charge in [0, 0.05) is 15.8 Å². The van der Waals surface area contributed by atoms with E-state index in [2.05, 4.69) is 15.9 Å². The van der Waals surface area contributed by atoms with Gasteiger partial charge in [-0.15, -0.1) is 11.8 Å². The van der Waals surface area contributed by atoms with Crippen LogP contribution in [0.4, 0.5) is 0 Å². The van der Waals surface area contributed by atoms with E-state index < -0.39 is 0 Å². The van der Waals surface area contributed by atoms with Crippen LogP contribution in [-0.2, 0) is 0 Å². The molecule has 0 aliphatic rings. The lowest BCUT2D eigenvalue weighted by Gasteiger charge is -2.10. The van der Waals surface area contributed by atoms with Crippen molar-refractivity contribution < 1.29 is 9.53 Å². The topological polar surface area (TPSA) is 26.3 Å². The maximum absolute atomic E-state index is 11.2. The van der Waals surface area contributed by atoms with Crippen molar-refractivity contribution in [3.8, 4) is 5.75 Å². The normalized spacial score (nSPS) is 10.2. The fraction of sp³-hybridized carbons (Fsp3) is 0.417. The van der Waals surface area contributed by atoms with Crippen LogP contribution in [0.2, 0.25) is 0 Å². The predicted molar refractivity (Wildman–Crippen MR) is 72.1 cm³/mol. The van der Waals surface area contributed by atoms with E-state index in [9.17, 15) is 4.79 Å². The highest BCUT2D eigenvalue weighted by atomic mass is 79.9.